The molecule has 46 heavy (non-hydrogen) atoms. The van der Waals surface area contributed by atoms with Crippen LogP contribution in [0.4, 0.5) is 5.13 Å². The fourth-order valence-electron chi connectivity index (χ4n) is 4.72. The average Bonchev–Trinajstić information content (AvgIpc) is 3.48. The second-order valence-electron chi connectivity index (χ2n) is 9.87. The summed E-state index contributed by atoms with van der Waals surface area (Å²) in [5.74, 6) is -3.73. The third kappa shape index (κ3) is 6.67. The number of thioether (sulfide) groups is 1. The lowest BCUT2D eigenvalue weighted by Gasteiger charge is -2.49. The Kier molecular flexibility index (Phi) is 9.58. The van der Waals surface area contributed by atoms with Crippen molar-refractivity contribution < 1.29 is 43.6 Å². The summed E-state index contributed by atoms with van der Waals surface area (Å²) in [5.41, 5.74) is 6.63. The van der Waals surface area contributed by atoms with Gasteiger partial charge >= 0.3 is 11.9 Å². The number of aromatic nitrogens is 2. The van der Waals surface area contributed by atoms with Crippen molar-refractivity contribution in [1.29, 1.82) is 0 Å². The van der Waals surface area contributed by atoms with E-state index in [1.165, 1.54) is 35.3 Å². The maximum atomic E-state index is 13.1. The number of aromatic carboxylic acids is 1. The monoisotopic (exact) mass is 663 g/mol. The number of nitrogens with zero attached hydrogens (tertiary/aromatic N) is 4. The zero-order chi connectivity index (χ0) is 33.0. The number of β-lactam (4-membered cyclic amide) rings is 1. The number of carboxylic acid groups (broad SMARTS) is 2. The number of ketones is 1. The molecule has 2 atom stereocenters. The Balaban J connectivity index is 1.25. The van der Waals surface area contributed by atoms with Gasteiger partial charge in [0.25, 0.3) is 11.8 Å². The molecule has 2 amide bonds. The van der Waals surface area contributed by atoms with E-state index in [2.05, 4.69) is 15.5 Å². The number of nitrogens with one attached hydrogen (secondary N) is 1. The molecule has 5 rings (SSSR count). The van der Waals surface area contributed by atoms with Crippen molar-refractivity contribution in [2.24, 2.45) is 5.16 Å². The zero-order valence-electron chi connectivity index (χ0n) is 24.2. The number of aliphatic carboxylic acids is 1. The quantitative estimate of drug-likeness (QED) is 0.0721. The first-order chi connectivity index (χ1) is 22.1. The number of oxime groups is 1. The van der Waals surface area contributed by atoms with E-state index >= 15 is 0 Å². The van der Waals surface area contributed by atoms with E-state index in [1.54, 1.807) is 54.2 Å². The number of rotatable bonds is 12. The van der Waals surface area contributed by atoms with Crippen LogP contribution in [0.3, 0.4) is 0 Å². The molecule has 2 aromatic heterocycles. The van der Waals surface area contributed by atoms with Crippen LogP contribution in [0.15, 0.2) is 82.7 Å². The summed E-state index contributed by atoms with van der Waals surface area (Å²) in [4.78, 5) is 72.7. The number of fused-ring (bicyclic) bond motifs is 1. The molecular formula is C30H27N6O8S2+. The third-order valence-electron chi connectivity index (χ3n) is 6.91. The Hall–Kier alpha value is -5.35. The van der Waals surface area contributed by atoms with E-state index in [4.69, 9.17) is 10.6 Å². The SMILES string of the molecule is CCO/N=C(\C(=O)NC1C(=O)N2C(C(=O)O)=C(/C=C/C[n+]3ccc(C(=O)c4cccc(C(=O)O)c4)cc3)CSC12)c1csc(N)n1. The molecule has 0 radical (unpaired) electrons. The van der Waals surface area contributed by atoms with E-state index in [-0.39, 0.29) is 51.5 Å². The van der Waals surface area contributed by atoms with E-state index in [1.807, 2.05) is 0 Å². The first kappa shape index (κ1) is 32.1. The Morgan fingerprint density at radius 1 is 1.15 bits per heavy atom. The molecule has 2 unspecified atom stereocenters. The third-order valence-corrected chi connectivity index (χ3v) is 8.89. The summed E-state index contributed by atoms with van der Waals surface area (Å²) >= 11 is 2.42. The molecule has 1 saturated heterocycles. The van der Waals surface area contributed by atoms with Gasteiger partial charge in [0.1, 0.15) is 29.4 Å². The highest BCUT2D eigenvalue weighted by Gasteiger charge is 2.54. The van der Waals surface area contributed by atoms with Gasteiger partial charge in [-0.3, -0.25) is 19.3 Å². The van der Waals surface area contributed by atoms with Crippen LogP contribution in [0.25, 0.3) is 0 Å². The summed E-state index contributed by atoms with van der Waals surface area (Å²) in [6.07, 6.45) is 6.71. The Morgan fingerprint density at radius 3 is 2.54 bits per heavy atom. The number of amides is 2. The van der Waals surface area contributed by atoms with Gasteiger partial charge < -0.3 is 26.1 Å². The van der Waals surface area contributed by atoms with E-state index in [9.17, 15) is 34.2 Å². The minimum atomic E-state index is -1.28. The fourth-order valence-corrected chi connectivity index (χ4v) is 6.58. The number of nitrogens with two attached hydrogens (primary N) is 1. The number of pyridine rings is 1. The molecule has 0 saturated carbocycles. The molecule has 0 bridgehead atoms. The van der Waals surface area contributed by atoms with Gasteiger partial charge in [0.05, 0.1) is 5.56 Å². The molecule has 4 heterocycles. The van der Waals surface area contributed by atoms with Gasteiger partial charge in [0.15, 0.2) is 35.6 Å². The average molecular weight is 664 g/mol. The van der Waals surface area contributed by atoms with Crippen LogP contribution in [-0.2, 0) is 25.8 Å². The van der Waals surface area contributed by atoms with Crippen LogP contribution in [0.5, 0.6) is 0 Å². The van der Waals surface area contributed by atoms with Gasteiger partial charge in [0.2, 0.25) is 0 Å². The van der Waals surface area contributed by atoms with Gasteiger partial charge in [-0.25, -0.2) is 19.1 Å². The zero-order valence-corrected chi connectivity index (χ0v) is 25.8. The summed E-state index contributed by atoms with van der Waals surface area (Å²) in [6.45, 7) is 2.22. The second-order valence-corrected chi connectivity index (χ2v) is 11.9. The van der Waals surface area contributed by atoms with Gasteiger partial charge in [-0.2, -0.15) is 0 Å². The van der Waals surface area contributed by atoms with Crippen LogP contribution in [-0.4, -0.2) is 79.1 Å². The number of hydrogen-bond acceptors (Lipinski definition) is 11. The van der Waals surface area contributed by atoms with E-state index in [0.717, 1.165) is 16.2 Å². The molecule has 16 heteroatoms. The highest BCUT2D eigenvalue weighted by Crippen LogP contribution is 2.40. The van der Waals surface area contributed by atoms with Crippen molar-refractivity contribution in [3.05, 3.63) is 100.0 Å². The predicted molar refractivity (Wildman–Crippen MR) is 167 cm³/mol. The van der Waals surface area contributed by atoms with E-state index in [0.29, 0.717) is 17.7 Å². The topological polar surface area (TPSA) is 205 Å². The maximum absolute atomic E-state index is 13.1. The molecule has 0 aliphatic carbocycles. The number of anilines is 1. The molecule has 1 aromatic carbocycles. The van der Waals surface area contributed by atoms with Crippen molar-refractivity contribution >= 4 is 63.5 Å². The fraction of sp³-hybridized carbons (Fsp3) is 0.200. The second kappa shape index (κ2) is 13.7. The Bertz CT molecular complexity index is 1820. The van der Waals surface area contributed by atoms with Crippen LogP contribution in [0.2, 0.25) is 0 Å². The van der Waals surface area contributed by atoms with Gasteiger partial charge in [-0.15, -0.1) is 23.1 Å². The summed E-state index contributed by atoms with van der Waals surface area (Å²) in [7, 11) is 0. The van der Waals surface area contributed by atoms with Crippen LogP contribution in [0.1, 0.15) is 38.9 Å². The number of benzene rings is 1. The number of hydrogen-bond donors (Lipinski definition) is 4. The lowest BCUT2D eigenvalue weighted by Crippen LogP contribution is -2.71. The van der Waals surface area contributed by atoms with Crippen molar-refractivity contribution in [3.63, 3.8) is 0 Å². The van der Waals surface area contributed by atoms with Gasteiger partial charge in [-0.1, -0.05) is 23.4 Å². The first-order valence-electron chi connectivity index (χ1n) is 13.8. The molecule has 2 aliphatic heterocycles. The number of nitrogen functional groups attached to an aromatic ring is 1. The molecule has 3 aromatic rings. The highest BCUT2D eigenvalue weighted by molar-refractivity contribution is 8.00. The van der Waals surface area contributed by atoms with Crippen molar-refractivity contribution in [2.75, 3.05) is 18.1 Å². The molecule has 1 fully saturated rings. The maximum Gasteiger partial charge on any atom is 0.352 e. The molecule has 5 N–H and O–H groups in total. The molecule has 0 spiro atoms. The Labute approximate surface area is 269 Å². The number of thiazole rings is 1. The Morgan fingerprint density at radius 2 is 1.89 bits per heavy atom. The van der Waals surface area contributed by atoms with E-state index < -0.39 is 35.2 Å². The number of carbonyl (C=O) groups excluding carboxylic acids is 3. The lowest BCUT2D eigenvalue weighted by molar-refractivity contribution is -0.687. The smallest absolute Gasteiger partial charge is 0.352 e. The largest absolute Gasteiger partial charge is 0.478 e. The minimum absolute atomic E-state index is 0.0168. The molecule has 14 nitrogen and oxygen atoms in total. The minimum Gasteiger partial charge on any atom is -0.478 e. The standard InChI is InChI=1S/C30H26N6O8S2/c1-2-44-34-21(20-15-46-30(31)32-20)25(38)33-22-26(39)36-23(29(42)43)19(14-45-27(22)36)7-4-10-35-11-8-16(9-12-35)24(37)17-5-3-6-18(13-17)28(40)41/h3-9,11-13,15,22,27H,2,10,14H2,1H3,(H4-,31,32,33,38,40,41,42,43)/p+1/b7-4+,34-21-. The molecular weight excluding hydrogens is 636 g/mol. The highest BCUT2D eigenvalue weighted by atomic mass is 32.2. The van der Waals surface area contributed by atoms with Crippen molar-refractivity contribution in [2.45, 2.75) is 24.9 Å². The molecule has 236 valence electrons. The summed E-state index contributed by atoms with van der Waals surface area (Å²) < 4.78 is 1.76. The number of carbonyl (C=O) groups is 5. The lowest BCUT2D eigenvalue weighted by atomic mass is 10.0. The van der Waals surface area contributed by atoms with Gasteiger partial charge in [0, 0.05) is 34.4 Å². The van der Waals surface area contributed by atoms with Crippen molar-refractivity contribution in [1.82, 2.24) is 15.2 Å². The number of allylic oxidation sites excluding steroid dienone is 2. The van der Waals surface area contributed by atoms with Crippen LogP contribution < -0.4 is 15.6 Å². The van der Waals surface area contributed by atoms with Crippen LogP contribution >= 0.6 is 23.1 Å². The first-order valence-corrected chi connectivity index (χ1v) is 15.7. The normalized spacial score (nSPS) is 17.8. The van der Waals surface area contributed by atoms with Crippen molar-refractivity contribution in [3.8, 4) is 0 Å². The molecule has 2 aliphatic rings. The van der Waals surface area contributed by atoms with Crippen LogP contribution in [0, 0.1) is 0 Å². The number of carboxylic acids is 2. The summed E-state index contributed by atoms with van der Waals surface area (Å²) in [6, 6.07) is 8.01. The van der Waals surface area contributed by atoms with Gasteiger partial charge in [-0.05, 0) is 30.7 Å². The summed E-state index contributed by atoms with van der Waals surface area (Å²) in [5, 5.41) is 26.8. The predicted octanol–water partition coefficient (Wildman–Crippen LogP) is 1.68.